The lowest BCUT2D eigenvalue weighted by molar-refractivity contribution is -0.0857. The summed E-state index contributed by atoms with van der Waals surface area (Å²) in [5.74, 6) is -0.772. The van der Waals surface area contributed by atoms with Gasteiger partial charge in [-0.3, -0.25) is 9.69 Å². The minimum absolute atomic E-state index is 0.0819. The van der Waals surface area contributed by atoms with E-state index in [-0.39, 0.29) is 28.7 Å². The first kappa shape index (κ1) is 33.2. The molecule has 252 valence electrons. The molecule has 48 heavy (non-hydrogen) atoms. The number of carbonyl (C=O) groups is 1. The van der Waals surface area contributed by atoms with Gasteiger partial charge in [-0.2, -0.15) is 0 Å². The first-order valence-corrected chi connectivity index (χ1v) is 17.9. The summed E-state index contributed by atoms with van der Waals surface area (Å²) in [6.45, 7) is 6.54. The van der Waals surface area contributed by atoms with Gasteiger partial charge in [0.15, 0.2) is 5.78 Å². The van der Waals surface area contributed by atoms with E-state index in [4.69, 9.17) is 11.6 Å². The summed E-state index contributed by atoms with van der Waals surface area (Å²) in [6, 6.07) is 18.9. The van der Waals surface area contributed by atoms with Crippen molar-refractivity contribution in [2.45, 2.75) is 95.8 Å². The number of hydrogen-bond acceptors (Lipinski definition) is 4. The monoisotopic (exact) mass is 668 g/mol. The minimum Gasteiger partial charge on any atom is -0.393 e. The van der Waals surface area contributed by atoms with Crippen LogP contribution >= 0.6 is 11.6 Å². The molecule has 0 spiro atoms. The van der Waals surface area contributed by atoms with Crippen LogP contribution in [0.25, 0.3) is 10.9 Å². The van der Waals surface area contributed by atoms with Gasteiger partial charge in [0.1, 0.15) is 5.82 Å². The van der Waals surface area contributed by atoms with E-state index < -0.39 is 22.9 Å². The number of ketones is 1. The van der Waals surface area contributed by atoms with Gasteiger partial charge >= 0.3 is 0 Å². The van der Waals surface area contributed by atoms with Crippen LogP contribution in [0.15, 0.2) is 72.3 Å². The molecule has 1 aromatic heterocycles. The maximum absolute atomic E-state index is 14.9. The Balaban J connectivity index is 1.25. The SMILES string of the molecule is CC1=CCCC2(C)C(CCC2(O)CN2CCc3c([nH]c4ccccc34)C2)c2ccc(cc2C(=O)Cc2c(F)cccc2Cl)CC(O)CC1. The quantitative estimate of drug-likeness (QED) is 0.147. The normalized spacial score (nSPS) is 26.6. The van der Waals surface area contributed by atoms with Crippen molar-refractivity contribution in [3.63, 3.8) is 0 Å². The Morgan fingerprint density at radius 3 is 2.75 bits per heavy atom. The first-order chi connectivity index (χ1) is 23.0. The lowest BCUT2D eigenvalue weighted by Crippen LogP contribution is -2.53. The van der Waals surface area contributed by atoms with Crippen LogP contribution in [0.3, 0.4) is 0 Å². The standard InChI is InChI=1S/C41H46ClFN2O3/c1-26-7-6-18-40(2)34(16-19-41(40,48)25-45-20-17-31-30-8-3-4-11-37(30)44-38(31)24-45)29-15-13-27(21-28(46)14-12-26)22-32(29)39(47)23-33-35(42)9-5-10-36(33)43/h3-5,7-11,13,15,22,28,34,44,46,48H,6,12,14,16-21,23-25H2,1-2H3. The van der Waals surface area contributed by atoms with Crippen molar-refractivity contribution >= 4 is 28.3 Å². The third-order valence-electron chi connectivity index (χ3n) is 11.8. The molecule has 3 aromatic carbocycles. The molecular formula is C41H46ClFN2O3. The van der Waals surface area contributed by atoms with Crippen LogP contribution in [0, 0.1) is 11.2 Å². The van der Waals surface area contributed by atoms with E-state index in [1.54, 1.807) is 12.1 Å². The highest BCUT2D eigenvalue weighted by Gasteiger charge is 2.57. The van der Waals surface area contributed by atoms with Crippen LogP contribution in [0.5, 0.6) is 0 Å². The molecule has 0 saturated heterocycles. The van der Waals surface area contributed by atoms with Crippen molar-refractivity contribution in [1.82, 2.24) is 9.88 Å². The number of hydrogen-bond donors (Lipinski definition) is 3. The smallest absolute Gasteiger partial charge is 0.167 e. The molecule has 5 nitrogen and oxygen atoms in total. The van der Waals surface area contributed by atoms with Gasteiger partial charge in [0.2, 0.25) is 0 Å². The number of fused-ring (bicyclic) bond motifs is 11. The second-order valence-corrected chi connectivity index (χ2v) is 15.2. The zero-order valence-electron chi connectivity index (χ0n) is 28.0. The van der Waals surface area contributed by atoms with Gasteiger partial charge in [-0.05, 0) is 105 Å². The highest BCUT2D eigenvalue weighted by molar-refractivity contribution is 6.31. The molecule has 8 rings (SSSR count). The van der Waals surface area contributed by atoms with Crippen LogP contribution < -0.4 is 0 Å². The molecule has 4 unspecified atom stereocenters. The average molecular weight is 669 g/mol. The number of β-amino-alcohol motifs (C(OH)–C–C–N with tert-alkyl or cyclic N) is 1. The van der Waals surface area contributed by atoms with Crippen LogP contribution in [0.4, 0.5) is 4.39 Å². The molecule has 3 N–H and O–H groups in total. The molecule has 2 bridgehead atoms. The second-order valence-electron chi connectivity index (χ2n) is 14.8. The van der Waals surface area contributed by atoms with Gasteiger partial charge in [-0.1, -0.05) is 66.6 Å². The number of halogens is 2. The van der Waals surface area contributed by atoms with Crippen LogP contribution in [-0.2, 0) is 25.8 Å². The number of nitrogens with one attached hydrogen (secondary N) is 1. The predicted molar refractivity (Wildman–Crippen MR) is 190 cm³/mol. The number of rotatable bonds is 5. The Kier molecular flexibility index (Phi) is 9.14. The molecule has 4 aliphatic rings. The van der Waals surface area contributed by atoms with E-state index >= 15 is 0 Å². The number of Topliss-reactive ketones (excluding diaryl/α,β-unsaturated/α-hetero) is 1. The van der Waals surface area contributed by atoms with E-state index in [0.717, 1.165) is 61.8 Å². The zero-order chi connectivity index (χ0) is 33.6. The van der Waals surface area contributed by atoms with E-state index in [9.17, 15) is 19.4 Å². The number of aromatic amines is 1. The lowest BCUT2D eigenvalue weighted by atomic mass is 9.64. The van der Waals surface area contributed by atoms with Crippen molar-refractivity contribution in [2.75, 3.05) is 13.1 Å². The molecule has 0 amide bonds. The molecule has 1 saturated carbocycles. The van der Waals surface area contributed by atoms with Crippen molar-refractivity contribution in [3.05, 3.63) is 117 Å². The van der Waals surface area contributed by atoms with Crippen LogP contribution in [-0.4, -0.2) is 50.7 Å². The zero-order valence-corrected chi connectivity index (χ0v) is 28.8. The highest BCUT2D eigenvalue weighted by Crippen LogP contribution is 2.59. The maximum Gasteiger partial charge on any atom is 0.167 e. The van der Waals surface area contributed by atoms with Gasteiger partial charge in [-0.25, -0.2) is 4.39 Å². The van der Waals surface area contributed by atoms with Gasteiger partial charge in [-0.15, -0.1) is 0 Å². The van der Waals surface area contributed by atoms with Crippen molar-refractivity contribution < 1.29 is 19.4 Å². The summed E-state index contributed by atoms with van der Waals surface area (Å²) in [6.07, 6.45) is 7.30. The molecular weight excluding hydrogens is 623 g/mol. The number of aliphatic hydroxyl groups is 2. The number of para-hydroxylation sites is 1. The predicted octanol–water partition coefficient (Wildman–Crippen LogP) is 8.48. The summed E-state index contributed by atoms with van der Waals surface area (Å²) in [5.41, 5.74) is 6.04. The van der Waals surface area contributed by atoms with Crippen molar-refractivity contribution in [3.8, 4) is 0 Å². The number of H-pyrrole nitrogens is 1. The van der Waals surface area contributed by atoms with E-state index in [0.29, 0.717) is 31.4 Å². The van der Waals surface area contributed by atoms with E-state index in [2.05, 4.69) is 54.1 Å². The number of carbonyl (C=O) groups excluding carboxylic acids is 1. The van der Waals surface area contributed by atoms with Crippen LogP contribution in [0.1, 0.15) is 96.6 Å². The Morgan fingerprint density at radius 1 is 1.08 bits per heavy atom. The van der Waals surface area contributed by atoms with Gasteiger partial charge in [0.05, 0.1) is 11.7 Å². The number of aromatic nitrogens is 1. The molecule has 1 fully saturated rings. The minimum atomic E-state index is -0.982. The molecule has 2 heterocycles. The number of aliphatic hydroxyl groups excluding tert-OH is 1. The molecule has 4 atom stereocenters. The summed E-state index contributed by atoms with van der Waals surface area (Å²) in [5, 5.41) is 25.3. The largest absolute Gasteiger partial charge is 0.393 e. The fraction of sp³-hybridized carbons (Fsp3) is 0.439. The molecule has 4 aromatic rings. The summed E-state index contributed by atoms with van der Waals surface area (Å²) >= 11 is 6.38. The maximum atomic E-state index is 14.9. The molecule has 3 aliphatic carbocycles. The summed E-state index contributed by atoms with van der Waals surface area (Å²) in [7, 11) is 0. The van der Waals surface area contributed by atoms with Gasteiger partial charge < -0.3 is 15.2 Å². The number of nitrogens with zero attached hydrogens (tertiary/aromatic N) is 1. The van der Waals surface area contributed by atoms with Crippen molar-refractivity contribution in [2.24, 2.45) is 5.41 Å². The molecule has 7 heteroatoms. The average Bonchev–Trinajstić information content (AvgIpc) is 3.55. The van der Waals surface area contributed by atoms with E-state index in [1.807, 2.05) is 18.2 Å². The third-order valence-corrected chi connectivity index (χ3v) is 12.2. The first-order valence-electron chi connectivity index (χ1n) is 17.5. The molecule has 1 aliphatic heterocycles. The Hall–Kier alpha value is -3.29. The molecule has 0 radical (unpaired) electrons. The fourth-order valence-corrected chi connectivity index (χ4v) is 9.18. The van der Waals surface area contributed by atoms with Crippen LogP contribution in [0.2, 0.25) is 5.02 Å². The van der Waals surface area contributed by atoms with Gasteiger partial charge in [0.25, 0.3) is 0 Å². The Labute approximate surface area is 287 Å². The Morgan fingerprint density at radius 2 is 1.92 bits per heavy atom. The van der Waals surface area contributed by atoms with E-state index in [1.165, 1.54) is 28.3 Å². The summed E-state index contributed by atoms with van der Waals surface area (Å²) in [4.78, 5) is 20.2. The van der Waals surface area contributed by atoms with Gasteiger partial charge in [0, 0.05) is 64.2 Å². The fourth-order valence-electron chi connectivity index (χ4n) is 8.95. The third kappa shape index (κ3) is 6.17. The topological polar surface area (TPSA) is 76.6 Å². The van der Waals surface area contributed by atoms with Crippen molar-refractivity contribution in [1.29, 1.82) is 0 Å². The highest BCUT2D eigenvalue weighted by atomic mass is 35.5. The Bertz CT molecular complexity index is 1860. The summed E-state index contributed by atoms with van der Waals surface area (Å²) < 4.78 is 14.9. The number of benzene rings is 3. The number of allylic oxidation sites excluding steroid dienone is 2. The lowest BCUT2D eigenvalue weighted by Gasteiger charge is -2.46. The second kappa shape index (κ2) is 13.2.